The van der Waals surface area contributed by atoms with Gasteiger partial charge in [-0.1, -0.05) is 18.2 Å². The minimum atomic E-state index is -0.430. The van der Waals surface area contributed by atoms with Crippen LogP contribution in [0.3, 0.4) is 0 Å². The van der Waals surface area contributed by atoms with Crippen molar-refractivity contribution in [3.8, 4) is 0 Å². The van der Waals surface area contributed by atoms with Gasteiger partial charge in [0.25, 0.3) is 0 Å². The van der Waals surface area contributed by atoms with E-state index in [1.165, 1.54) is 5.52 Å². The van der Waals surface area contributed by atoms with Crippen LogP contribution in [0.5, 0.6) is 0 Å². The summed E-state index contributed by atoms with van der Waals surface area (Å²) >= 11 is 0. The highest BCUT2D eigenvalue weighted by atomic mass is 16.5. The van der Waals surface area contributed by atoms with Gasteiger partial charge in [0.15, 0.2) is 0 Å². The topological polar surface area (TPSA) is 59.4 Å². The van der Waals surface area contributed by atoms with Gasteiger partial charge in [0.2, 0.25) is 0 Å². The smallest absolute Gasteiger partial charge is 0.411 e. The summed E-state index contributed by atoms with van der Waals surface area (Å²) in [5.74, 6) is 1.07. The number of imidazole rings is 1. The zero-order chi connectivity index (χ0) is 17.2. The largest absolute Gasteiger partial charge is 0.450 e. The predicted octanol–water partition coefficient (Wildman–Crippen LogP) is 3.62. The second kappa shape index (κ2) is 6.47. The Morgan fingerprint density at radius 1 is 1.20 bits per heavy atom. The van der Waals surface area contributed by atoms with E-state index >= 15 is 0 Å². The number of ether oxygens (including phenoxy) is 1. The van der Waals surface area contributed by atoms with Crippen molar-refractivity contribution in [2.24, 2.45) is 0 Å². The molecule has 1 aliphatic rings. The van der Waals surface area contributed by atoms with Crippen LogP contribution < -0.4 is 10.2 Å². The maximum Gasteiger partial charge on any atom is 0.411 e. The summed E-state index contributed by atoms with van der Waals surface area (Å²) in [5, 5.41) is 2.75. The first-order valence-corrected chi connectivity index (χ1v) is 8.47. The number of rotatable bonds is 3. The molecule has 3 aromatic rings. The quantitative estimate of drug-likeness (QED) is 0.793. The van der Waals surface area contributed by atoms with E-state index in [-0.39, 0.29) is 0 Å². The van der Waals surface area contributed by atoms with Crippen LogP contribution in [0.1, 0.15) is 12.7 Å². The third kappa shape index (κ3) is 3.03. The zero-order valence-corrected chi connectivity index (χ0v) is 14.1. The van der Waals surface area contributed by atoms with E-state index < -0.39 is 6.09 Å². The van der Waals surface area contributed by atoms with Crippen molar-refractivity contribution >= 4 is 28.5 Å². The standard InChI is InChI=1S/C19H20N4O2/c1-2-25-19(24)20-14-6-5-7-15(12-14)22-10-11-23-17-9-4-3-8-16(17)21-18(23)13-22/h3-9,12H,2,10-11,13H2,1H3,(H,20,24). The molecule has 2 aromatic carbocycles. The molecule has 6 heteroatoms. The van der Waals surface area contributed by atoms with Crippen LogP contribution in [-0.4, -0.2) is 28.8 Å². The van der Waals surface area contributed by atoms with Crippen molar-refractivity contribution in [3.05, 3.63) is 54.4 Å². The van der Waals surface area contributed by atoms with Crippen molar-refractivity contribution in [2.45, 2.75) is 20.0 Å². The number of amides is 1. The van der Waals surface area contributed by atoms with Gasteiger partial charge in [0, 0.05) is 24.5 Å². The lowest BCUT2D eigenvalue weighted by atomic mass is 10.2. The third-order valence-corrected chi connectivity index (χ3v) is 4.39. The molecule has 0 radical (unpaired) electrons. The second-order valence-corrected chi connectivity index (χ2v) is 5.99. The highest BCUT2D eigenvalue weighted by molar-refractivity contribution is 5.85. The van der Waals surface area contributed by atoms with Gasteiger partial charge >= 0.3 is 6.09 Å². The zero-order valence-electron chi connectivity index (χ0n) is 14.1. The first-order chi connectivity index (χ1) is 12.2. The molecule has 25 heavy (non-hydrogen) atoms. The molecule has 0 saturated heterocycles. The lowest BCUT2D eigenvalue weighted by Gasteiger charge is -2.30. The van der Waals surface area contributed by atoms with Gasteiger partial charge in [-0.25, -0.2) is 9.78 Å². The van der Waals surface area contributed by atoms with E-state index in [2.05, 4.69) is 33.0 Å². The van der Waals surface area contributed by atoms with E-state index in [1.54, 1.807) is 6.92 Å². The fourth-order valence-electron chi connectivity index (χ4n) is 3.25. The number of carbonyl (C=O) groups excluding carboxylic acids is 1. The minimum Gasteiger partial charge on any atom is -0.450 e. The van der Waals surface area contributed by atoms with E-state index in [9.17, 15) is 4.79 Å². The molecule has 1 amide bonds. The molecule has 0 atom stereocenters. The average Bonchev–Trinajstić information content (AvgIpc) is 3.00. The molecule has 6 nitrogen and oxygen atoms in total. The Labute approximate surface area is 146 Å². The number of para-hydroxylation sites is 2. The summed E-state index contributed by atoms with van der Waals surface area (Å²) < 4.78 is 7.22. The molecule has 1 aliphatic heterocycles. The van der Waals surface area contributed by atoms with Crippen molar-refractivity contribution < 1.29 is 9.53 Å². The molecule has 0 aliphatic carbocycles. The SMILES string of the molecule is CCOC(=O)Nc1cccc(N2CCn3c(nc4ccccc43)C2)c1. The molecular weight excluding hydrogens is 316 g/mol. The second-order valence-electron chi connectivity index (χ2n) is 5.99. The highest BCUT2D eigenvalue weighted by Gasteiger charge is 2.20. The molecule has 128 valence electrons. The Kier molecular flexibility index (Phi) is 4.01. The first kappa shape index (κ1) is 15.5. The summed E-state index contributed by atoms with van der Waals surface area (Å²) in [6, 6.07) is 16.1. The van der Waals surface area contributed by atoms with Gasteiger partial charge in [-0.2, -0.15) is 0 Å². The number of hydrogen-bond donors (Lipinski definition) is 1. The molecule has 0 saturated carbocycles. The fraction of sp³-hybridized carbons (Fsp3) is 0.263. The van der Waals surface area contributed by atoms with Crippen molar-refractivity contribution in [2.75, 3.05) is 23.4 Å². The molecular formula is C19H20N4O2. The van der Waals surface area contributed by atoms with E-state index in [0.717, 1.165) is 42.4 Å². The first-order valence-electron chi connectivity index (χ1n) is 8.47. The summed E-state index contributed by atoms with van der Waals surface area (Å²) in [7, 11) is 0. The third-order valence-electron chi connectivity index (χ3n) is 4.39. The van der Waals surface area contributed by atoms with Crippen LogP contribution in [-0.2, 0) is 17.8 Å². The van der Waals surface area contributed by atoms with Crippen LogP contribution in [0, 0.1) is 0 Å². The molecule has 0 unspecified atom stereocenters. The molecule has 0 bridgehead atoms. The summed E-state index contributed by atoms with van der Waals surface area (Å²) in [4.78, 5) is 18.6. The molecule has 1 N–H and O–H groups in total. The van der Waals surface area contributed by atoms with Gasteiger partial charge in [0.1, 0.15) is 5.82 Å². The van der Waals surface area contributed by atoms with Crippen LogP contribution in [0.15, 0.2) is 48.5 Å². The fourth-order valence-corrected chi connectivity index (χ4v) is 3.25. The van der Waals surface area contributed by atoms with Gasteiger partial charge < -0.3 is 14.2 Å². The molecule has 0 spiro atoms. The molecule has 0 fully saturated rings. The van der Waals surface area contributed by atoms with Crippen LogP contribution >= 0.6 is 0 Å². The van der Waals surface area contributed by atoms with Gasteiger partial charge in [0.05, 0.1) is 24.2 Å². The molecule has 2 heterocycles. The number of fused-ring (bicyclic) bond motifs is 3. The van der Waals surface area contributed by atoms with Crippen molar-refractivity contribution in [1.29, 1.82) is 0 Å². The summed E-state index contributed by atoms with van der Waals surface area (Å²) in [6.45, 7) is 4.68. The number of hydrogen-bond acceptors (Lipinski definition) is 4. The Bertz CT molecular complexity index is 919. The minimum absolute atomic E-state index is 0.355. The monoisotopic (exact) mass is 336 g/mol. The van der Waals surface area contributed by atoms with Crippen LogP contribution in [0.4, 0.5) is 16.2 Å². The Hall–Kier alpha value is -3.02. The van der Waals surface area contributed by atoms with Crippen molar-refractivity contribution in [3.63, 3.8) is 0 Å². The number of nitrogens with zero attached hydrogens (tertiary/aromatic N) is 3. The van der Waals surface area contributed by atoms with Crippen LogP contribution in [0.2, 0.25) is 0 Å². The number of anilines is 2. The number of benzene rings is 2. The van der Waals surface area contributed by atoms with Crippen molar-refractivity contribution in [1.82, 2.24) is 9.55 Å². The summed E-state index contributed by atoms with van der Waals surface area (Å²) in [6.07, 6.45) is -0.430. The molecule has 4 rings (SSSR count). The highest BCUT2D eigenvalue weighted by Crippen LogP contribution is 2.26. The Morgan fingerprint density at radius 2 is 2.08 bits per heavy atom. The number of nitrogens with one attached hydrogen (secondary N) is 1. The number of aromatic nitrogens is 2. The normalized spacial score (nSPS) is 13.6. The molecule has 1 aromatic heterocycles. The Balaban J connectivity index is 1.56. The maximum absolute atomic E-state index is 11.6. The lowest BCUT2D eigenvalue weighted by Crippen LogP contribution is -2.33. The van der Waals surface area contributed by atoms with E-state index in [4.69, 9.17) is 9.72 Å². The van der Waals surface area contributed by atoms with Gasteiger partial charge in [-0.3, -0.25) is 5.32 Å². The van der Waals surface area contributed by atoms with Gasteiger partial charge in [-0.05, 0) is 37.3 Å². The van der Waals surface area contributed by atoms with Gasteiger partial charge in [-0.15, -0.1) is 0 Å². The number of carbonyl (C=O) groups is 1. The predicted molar refractivity (Wildman–Crippen MR) is 97.9 cm³/mol. The Morgan fingerprint density at radius 3 is 2.96 bits per heavy atom. The average molecular weight is 336 g/mol. The van der Waals surface area contributed by atoms with E-state index in [0.29, 0.717) is 6.61 Å². The maximum atomic E-state index is 11.6. The van der Waals surface area contributed by atoms with E-state index in [1.807, 2.05) is 30.3 Å². The van der Waals surface area contributed by atoms with Crippen LogP contribution in [0.25, 0.3) is 11.0 Å². The summed E-state index contributed by atoms with van der Waals surface area (Å²) in [5.41, 5.74) is 4.02. The lowest BCUT2D eigenvalue weighted by molar-refractivity contribution is 0.168.